The van der Waals surface area contributed by atoms with E-state index in [0.29, 0.717) is 24.7 Å². The maximum absolute atomic E-state index is 12.2. The first-order chi connectivity index (χ1) is 11.6. The fraction of sp³-hybridized carbons (Fsp3) is 0.333. The third kappa shape index (κ3) is 5.46. The Morgan fingerprint density at radius 3 is 2.67 bits per heavy atom. The first kappa shape index (κ1) is 17.6. The predicted molar refractivity (Wildman–Crippen MR) is 94.8 cm³/mol. The molecule has 0 atom stereocenters. The van der Waals surface area contributed by atoms with Crippen molar-refractivity contribution >= 4 is 11.9 Å². The predicted octanol–water partition coefficient (Wildman–Crippen LogP) is 2.28. The molecule has 0 aliphatic heterocycles. The standard InChI is InChI=1S/C18H24N4O2/c1-13(2)22-18(19-3)21-11-14-6-4-7-15(10-14)17(23)20-12-16-8-5-9-24-16/h4-10,13H,11-12H2,1-3H3,(H,20,23)(H2,19,21,22). The second kappa shape index (κ2) is 8.76. The molecule has 0 radical (unpaired) electrons. The zero-order chi connectivity index (χ0) is 17.4. The topological polar surface area (TPSA) is 78.7 Å². The van der Waals surface area contributed by atoms with Crippen molar-refractivity contribution in [3.63, 3.8) is 0 Å². The minimum atomic E-state index is -0.127. The van der Waals surface area contributed by atoms with Crippen molar-refractivity contribution in [1.82, 2.24) is 16.0 Å². The quantitative estimate of drug-likeness (QED) is 0.561. The largest absolute Gasteiger partial charge is 0.467 e. The lowest BCUT2D eigenvalue weighted by Crippen LogP contribution is -2.40. The van der Waals surface area contributed by atoms with Gasteiger partial charge in [0.15, 0.2) is 5.96 Å². The molecule has 0 spiro atoms. The second-order valence-electron chi connectivity index (χ2n) is 5.69. The van der Waals surface area contributed by atoms with E-state index in [9.17, 15) is 4.79 Å². The van der Waals surface area contributed by atoms with Gasteiger partial charge >= 0.3 is 0 Å². The summed E-state index contributed by atoms with van der Waals surface area (Å²) in [5.74, 6) is 1.33. The lowest BCUT2D eigenvalue weighted by molar-refractivity contribution is 0.0948. The number of carbonyl (C=O) groups excluding carboxylic acids is 1. The van der Waals surface area contributed by atoms with Gasteiger partial charge in [-0.25, -0.2) is 0 Å². The van der Waals surface area contributed by atoms with Crippen molar-refractivity contribution in [2.75, 3.05) is 7.05 Å². The van der Waals surface area contributed by atoms with Crippen LogP contribution in [0.4, 0.5) is 0 Å². The molecule has 6 heteroatoms. The van der Waals surface area contributed by atoms with Crippen molar-refractivity contribution in [3.8, 4) is 0 Å². The van der Waals surface area contributed by atoms with Crippen LogP contribution in [0.25, 0.3) is 0 Å². The summed E-state index contributed by atoms with van der Waals surface area (Å²) in [4.78, 5) is 16.4. The number of furan rings is 1. The van der Waals surface area contributed by atoms with Crippen LogP contribution in [-0.2, 0) is 13.1 Å². The maximum Gasteiger partial charge on any atom is 0.251 e. The molecule has 1 aromatic heterocycles. The van der Waals surface area contributed by atoms with Crippen molar-refractivity contribution < 1.29 is 9.21 Å². The summed E-state index contributed by atoms with van der Waals surface area (Å²) in [6.45, 7) is 5.07. The van der Waals surface area contributed by atoms with Crippen molar-refractivity contribution in [2.45, 2.75) is 33.0 Å². The van der Waals surface area contributed by atoms with Crippen molar-refractivity contribution in [1.29, 1.82) is 0 Å². The molecule has 1 amide bonds. The summed E-state index contributed by atoms with van der Waals surface area (Å²) in [6, 6.07) is 11.4. The highest BCUT2D eigenvalue weighted by molar-refractivity contribution is 5.94. The number of amides is 1. The zero-order valence-electron chi connectivity index (χ0n) is 14.3. The van der Waals surface area contributed by atoms with E-state index in [4.69, 9.17) is 4.42 Å². The molecule has 0 bridgehead atoms. The molecule has 0 aliphatic carbocycles. The molecular formula is C18H24N4O2. The minimum Gasteiger partial charge on any atom is -0.467 e. The molecular weight excluding hydrogens is 304 g/mol. The molecule has 0 unspecified atom stereocenters. The Hall–Kier alpha value is -2.76. The molecule has 0 fully saturated rings. The molecule has 3 N–H and O–H groups in total. The normalized spacial score (nSPS) is 11.4. The van der Waals surface area contributed by atoms with Crippen LogP contribution in [0.3, 0.4) is 0 Å². The fourth-order valence-electron chi connectivity index (χ4n) is 2.16. The van der Waals surface area contributed by atoms with E-state index in [1.165, 1.54) is 0 Å². The summed E-state index contributed by atoms with van der Waals surface area (Å²) in [6.07, 6.45) is 1.59. The number of carbonyl (C=O) groups is 1. The fourth-order valence-corrected chi connectivity index (χ4v) is 2.16. The number of benzene rings is 1. The summed E-state index contributed by atoms with van der Waals surface area (Å²) < 4.78 is 5.21. The number of nitrogens with zero attached hydrogens (tertiary/aromatic N) is 1. The Kier molecular flexibility index (Phi) is 6.42. The van der Waals surface area contributed by atoms with E-state index in [-0.39, 0.29) is 5.91 Å². The van der Waals surface area contributed by atoms with Crippen LogP contribution in [0.2, 0.25) is 0 Å². The Balaban J connectivity index is 1.91. The number of hydrogen-bond acceptors (Lipinski definition) is 3. The average molecular weight is 328 g/mol. The molecule has 2 rings (SSSR count). The number of rotatable bonds is 6. The third-order valence-corrected chi connectivity index (χ3v) is 3.30. The summed E-state index contributed by atoms with van der Waals surface area (Å²) in [5.41, 5.74) is 1.63. The molecule has 1 heterocycles. The first-order valence-electron chi connectivity index (χ1n) is 7.95. The van der Waals surface area contributed by atoms with Crippen molar-refractivity contribution in [2.24, 2.45) is 4.99 Å². The minimum absolute atomic E-state index is 0.127. The Morgan fingerprint density at radius 1 is 1.17 bits per heavy atom. The molecule has 6 nitrogen and oxygen atoms in total. The molecule has 0 aliphatic rings. The highest BCUT2D eigenvalue weighted by atomic mass is 16.3. The Labute approximate surface area is 142 Å². The van der Waals surface area contributed by atoms with Gasteiger partial charge in [-0.1, -0.05) is 12.1 Å². The number of hydrogen-bond donors (Lipinski definition) is 3. The molecule has 2 aromatic rings. The number of guanidine groups is 1. The van der Waals surface area contributed by atoms with Crippen LogP contribution in [0.1, 0.15) is 35.5 Å². The lowest BCUT2D eigenvalue weighted by Gasteiger charge is -2.14. The van der Waals surface area contributed by atoms with Gasteiger partial charge in [0.2, 0.25) is 0 Å². The SMILES string of the molecule is CN=C(NCc1cccc(C(=O)NCc2ccco2)c1)NC(C)C. The lowest BCUT2D eigenvalue weighted by atomic mass is 10.1. The van der Waals surface area contributed by atoms with Crippen LogP contribution in [0.5, 0.6) is 0 Å². The van der Waals surface area contributed by atoms with E-state index < -0.39 is 0 Å². The van der Waals surface area contributed by atoms with Gasteiger partial charge in [0.1, 0.15) is 5.76 Å². The van der Waals surface area contributed by atoms with E-state index >= 15 is 0 Å². The van der Waals surface area contributed by atoms with Gasteiger partial charge in [0, 0.05) is 25.2 Å². The Morgan fingerprint density at radius 2 is 2.00 bits per heavy atom. The smallest absolute Gasteiger partial charge is 0.251 e. The molecule has 128 valence electrons. The summed E-state index contributed by atoms with van der Waals surface area (Å²) in [7, 11) is 1.73. The van der Waals surface area contributed by atoms with E-state index in [1.807, 2.05) is 24.3 Å². The molecule has 1 aromatic carbocycles. The van der Waals surface area contributed by atoms with E-state index in [0.717, 1.165) is 17.3 Å². The molecule has 0 saturated carbocycles. The van der Waals surface area contributed by atoms with Crippen molar-refractivity contribution in [3.05, 3.63) is 59.5 Å². The van der Waals surface area contributed by atoms with Crippen LogP contribution in [0, 0.1) is 0 Å². The van der Waals surface area contributed by atoms with Gasteiger partial charge in [0.25, 0.3) is 5.91 Å². The van der Waals surface area contributed by atoms with Gasteiger partial charge < -0.3 is 20.4 Å². The van der Waals surface area contributed by atoms with Gasteiger partial charge in [0.05, 0.1) is 12.8 Å². The van der Waals surface area contributed by atoms with Crippen LogP contribution >= 0.6 is 0 Å². The second-order valence-corrected chi connectivity index (χ2v) is 5.69. The van der Waals surface area contributed by atoms with Crippen LogP contribution in [-0.4, -0.2) is 25.0 Å². The maximum atomic E-state index is 12.2. The van der Waals surface area contributed by atoms with E-state index in [1.54, 1.807) is 25.4 Å². The zero-order valence-corrected chi connectivity index (χ0v) is 14.3. The summed E-state index contributed by atoms with van der Waals surface area (Å²) in [5, 5.41) is 9.29. The van der Waals surface area contributed by atoms with Gasteiger partial charge in [-0.15, -0.1) is 0 Å². The highest BCUT2D eigenvalue weighted by Crippen LogP contribution is 2.06. The van der Waals surface area contributed by atoms with Gasteiger partial charge in [-0.3, -0.25) is 9.79 Å². The third-order valence-electron chi connectivity index (χ3n) is 3.30. The van der Waals surface area contributed by atoms with Gasteiger partial charge in [-0.05, 0) is 43.7 Å². The summed E-state index contributed by atoms with van der Waals surface area (Å²) >= 11 is 0. The van der Waals surface area contributed by atoms with Crippen LogP contribution < -0.4 is 16.0 Å². The molecule has 0 saturated heterocycles. The molecule has 24 heavy (non-hydrogen) atoms. The Bertz CT molecular complexity index is 678. The van der Waals surface area contributed by atoms with Gasteiger partial charge in [-0.2, -0.15) is 0 Å². The number of nitrogens with one attached hydrogen (secondary N) is 3. The number of aliphatic imine (C=N–C) groups is 1. The monoisotopic (exact) mass is 328 g/mol. The average Bonchev–Trinajstić information content (AvgIpc) is 3.10. The highest BCUT2D eigenvalue weighted by Gasteiger charge is 2.07. The van der Waals surface area contributed by atoms with Crippen LogP contribution in [0.15, 0.2) is 52.1 Å². The van der Waals surface area contributed by atoms with E-state index in [2.05, 4.69) is 34.8 Å². The first-order valence-corrected chi connectivity index (χ1v) is 7.95.